The highest BCUT2D eigenvalue weighted by Gasteiger charge is 2.33. The number of carbonyl (C=O) groups excluding carboxylic acids is 2. The van der Waals surface area contributed by atoms with Gasteiger partial charge < -0.3 is 20.9 Å². The summed E-state index contributed by atoms with van der Waals surface area (Å²) in [5.74, 6) is 0.167. The zero-order chi connectivity index (χ0) is 30.2. The molecule has 1 fully saturated rings. The Hall–Kier alpha value is -4.49. The largest absolute Gasteiger partial charge is 0.373 e. The first kappa shape index (κ1) is 30.0. The highest BCUT2D eigenvalue weighted by molar-refractivity contribution is 6.06. The van der Waals surface area contributed by atoms with E-state index in [1.807, 2.05) is 29.2 Å². The van der Waals surface area contributed by atoms with Gasteiger partial charge in [-0.1, -0.05) is 61.9 Å². The van der Waals surface area contributed by atoms with E-state index in [1.165, 1.54) is 0 Å². The predicted octanol–water partition coefficient (Wildman–Crippen LogP) is 6.63. The van der Waals surface area contributed by atoms with Crippen LogP contribution < -0.4 is 16.0 Å². The Morgan fingerprint density at radius 3 is 2.26 bits per heavy atom. The number of unbranched alkanes of at least 4 members (excludes halogenated alkanes) is 1. The van der Waals surface area contributed by atoms with Crippen molar-refractivity contribution >= 4 is 23.2 Å². The molecule has 0 unspecified atom stereocenters. The lowest BCUT2D eigenvalue weighted by atomic mass is 10.0. The van der Waals surface area contributed by atoms with Crippen molar-refractivity contribution in [1.82, 2.24) is 9.88 Å². The standard InChI is InChI=1S/C36H41N5O2/c1-3-4-19-40(2)34-14-13-32(22-33(34)39-35(42)29-15-17-38-18-16-29)31-10-6-9-28(21-31)25-41(36(43)30-11-12-30)24-27-8-5-7-26(20-27)23-37/h5-10,13-18,20-22,30H,3-4,11-12,19,23-25,37H2,1-2H3,(H,39,42). The first-order valence-corrected chi connectivity index (χ1v) is 15.2. The van der Waals surface area contributed by atoms with E-state index in [4.69, 9.17) is 5.73 Å². The molecule has 3 N–H and O–H groups in total. The summed E-state index contributed by atoms with van der Waals surface area (Å²) in [5.41, 5.74) is 13.4. The van der Waals surface area contributed by atoms with Crippen LogP contribution in [0.5, 0.6) is 0 Å². The van der Waals surface area contributed by atoms with E-state index in [-0.39, 0.29) is 17.7 Å². The Morgan fingerprint density at radius 2 is 1.56 bits per heavy atom. The quantitative estimate of drug-likeness (QED) is 0.187. The number of pyridine rings is 1. The molecule has 0 aliphatic heterocycles. The second-order valence-corrected chi connectivity index (χ2v) is 11.4. The van der Waals surface area contributed by atoms with Gasteiger partial charge >= 0.3 is 0 Å². The fraction of sp³-hybridized carbons (Fsp3) is 0.306. The van der Waals surface area contributed by atoms with Gasteiger partial charge in [0.15, 0.2) is 0 Å². The number of nitrogens with one attached hydrogen (secondary N) is 1. The number of carbonyl (C=O) groups is 2. The van der Waals surface area contributed by atoms with Crippen molar-refractivity contribution in [1.29, 1.82) is 0 Å². The molecule has 0 spiro atoms. The van der Waals surface area contributed by atoms with Gasteiger partial charge in [-0.3, -0.25) is 14.6 Å². The lowest BCUT2D eigenvalue weighted by Gasteiger charge is -2.24. The Labute approximate surface area is 254 Å². The van der Waals surface area contributed by atoms with Crippen LogP contribution >= 0.6 is 0 Å². The maximum atomic E-state index is 13.3. The van der Waals surface area contributed by atoms with Crippen LogP contribution in [-0.4, -0.2) is 35.3 Å². The maximum absolute atomic E-state index is 13.3. The van der Waals surface area contributed by atoms with Crippen LogP contribution in [0.15, 0.2) is 91.3 Å². The van der Waals surface area contributed by atoms with Gasteiger partial charge in [-0.05, 0) is 77.4 Å². The zero-order valence-corrected chi connectivity index (χ0v) is 25.1. The summed E-state index contributed by atoms with van der Waals surface area (Å²) in [7, 11) is 2.06. The minimum atomic E-state index is -0.175. The van der Waals surface area contributed by atoms with Gasteiger partial charge in [0, 0.05) is 57.1 Å². The van der Waals surface area contributed by atoms with E-state index in [0.29, 0.717) is 25.2 Å². The van der Waals surface area contributed by atoms with E-state index in [0.717, 1.165) is 71.4 Å². The number of anilines is 2. The molecular weight excluding hydrogens is 534 g/mol. The van der Waals surface area contributed by atoms with Gasteiger partial charge in [0.05, 0.1) is 11.4 Å². The van der Waals surface area contributed by atoms with Crippen LogP contribution in [-0.2, 0) is 24.4 Å². The molecule has 1 heterocycles. The van der Waals surface area contributed by atoms with E-state index < -0.39 is 0 Å². The Morgan fingerprint density at radius 1 is 0.884 bits per heavy atom. The van der Waals surface area contributed by atoms with Crippen molar-refractivity contribution in [3.05, 3.63) is 114 Å². The van der Waals surface area contributed by atoms with Crippen LogP contribution in [0, 0.1) is 5.92 Å². The van der Waals surface area contributed by atoms with Gasteiger partial charge in [0.1, 0.15) is 0 Å². The van der Waals surface area contributed by atoms with Gasteiger partial charge in [-0.25, -0.2) is 0 Å². The van der Waals surface area contributed by atoms with Crippen LogP contribution in [0.2, 0.25) is 0 Å². The Balaban J connectivity index is 1.41. The second kappa shape index (κ2) is 14.1. The summed E-state index contributed by atoms with van der Waals surface area (Å²) >= 11 is 0. The highest BCUT2D eigenvalue weighted by atomic mass is 16.2. The summed E-state index contributed by atoms with van der Waals surface area (Å²) < 4.78 is 0. The molecule has 1 saturated carbocycles. The van der Waals surface area contributed by atoms with Gasteiger partial charge in [0.25, 0.3) is 5.91 Å². The summed E-state index contributed by atoms with van der Waals surface area (Å²) in [6.07, 6.45) is 7.32. The molecule has 0 atom stereocenters. The van der Waals surface area contributed by atoms with E-state index in [1.54, 1.807) is 24.5 Å². The molecule has 1 aromatic heterocycles. The van der Waals surface area contributed by atoms with Gasteiger partial charge in [0.2, 0.25) is 5.91 Å². The molecule has 222 valence electrons. The molecule has 5 rings (SSSR count). The average molecular weight is 576 g/mol. The molecule has 0 radical (unpaired) electrons. The lowest BCUT2D eigenvalue weighted by molar-refractivity contribution is -0.133. The second-order valence-electron chi connectivity index (χ2n) is 11.4. The Bertz CT molecular complexity index is 1550. The third-order valence-corrected chi connectivity index (χ3v) is 7.92. The van der Waals surface area contributed by atoms with Crippen LogP contribution in [0.1, 0.15) is 59.7 Å². The third-order valence-electron chi connectivity index (χ3n) is 7.92. The zero-order valence-electron chi connectivity index (χ0n) is 25.1. The minimum Gasteiger partial charge on any atom is -0.373 e. The molecule has 7 heteroatoms. The maximum Gasteiger partial charge on any atom is 0.255 e. The van der Waals surface area contributed by atoms with Crippen molar-refractivity contribution in [3.63, 3.8) is 0 Å². The SMILES string of the molecule is CCCCN(C)c1ccc(-c2cccc(CN(Cc3cccc(CN)c3)C(=O)C3CC3)c2)cc1NC(=O)c1ccncc1. The molecule has 3 aromatic carbocycles. The number of benzene rings is 3. The number of nitrogens with two attached hydrogens (primary N) is 1. The summed E-state index contributed by atoms with van der Waals surface area (Å²) in [4.78, 5) is 34.6. The van der Waals surface area contributed by atoms with E-state index in [2.05, 4.69) is 71.6 Å². The third kappa shape index (κ3) is 7.87. The Kier molecular flexibility index (Phi) is 9.84. The first-order chi connectivity index (χ1) is 20.9. The first-order valence-electron chi connectivity index (χ1n) is 15.2. The molecular formula is C36H41N5O2. The molecule has 43 heavy (non-hydrogen) atoms. The minimum absolute atomic E-state index is 0.129. The predicted molar refractivity (Wildman–Crippen MR) is 174 cm³/mol. The number of rotatable bonds is 13. The lowest BCUT2D eigenvalue weighted by Crippen LogP contribution is -2.31. The van der Waals surface area contributed by atoms with Crippen molar-refractivity contribution in [2.45, 2.75) is 52.2 Å². The van der Waals surface area contributed by atoms with Crippen LogP contribution in [0.25, 0.3) is 11.1 Å². The van der Waals surface area contributed by atoms with Crippen molar-refractivity contribution in [3.8, 4) is 11.1 Å². The fourth-order valence-corrected chi connectivity index (χ4v) is 5.31. The van der Waals surface area contributed by atoms with Crippen molar-refractivity contribution in [2.75, 3.05) is 23.8 Å². The molecule has 4 aromatic rings. The number of hydrogen-bond acceptors (Lipinski definition) is 5. The number of hydrogen-bond donors (Lipinski definition) is 2. The molecule has 0 saturated heterocycles. The molecule has 2 amide bonds. The highest BCUT2D eigenvalue weighted by Crippen LogP contribution is 2.34. The van der Waals surface area contributed by atoms with E-state index >= 15 is 0 Å². The number of aromatic nitrogens is 1. The number of amides is 2. The summed E-state index contributed by atoms with van der Waals surface area (Å²) in [6, 6.07) is 26.1. The van der Waals surface area contributed by atoms with E-state index in [9.17, 15) is 9.59 Å². The summed E-state index contributed by atoms with van der Waals surface area (Å²) in [6.45, 7) is 4.62. The number of nitrogens with zero attached hydrogens (tertiary/aromatic N) is 3. The summed E-state index contributed by atoms with van der Waals surface area (Å²) in [5, 5.41) is 3.14. The van der Waals surface area contributed by atoms with Crippen molar-refractivity contribution in [2.24, 2.45) is 11.7 Å². The molecule has 1 aliphatic carbocycles. The molecule has 7 nitrogen and oxygen atoms in total. The smallest absolute Gasteiger partial charge is 0.255 e. The van der Waals surface area contributed by atoms with Gasteiger partial charge in [-0.15, -0.1) is 0 Å². The average Bonchev–Trinajstić information content (AvgIpc) is 3.89. The van der Waals surface area contributed by atoms with Crippen LogP contribution in [0.3, 0.4) is 0 Å². The molecule has 1 aliphatic rings. The monoisotopic (exact) mass is 575 g/mol. The van der Waals surface area contributed by atoms with Crippen molar-refractivity contribution < 1.29 is 9.59 Å². The van der Waals surface area contributed by atoms with Crippen LogP contribution in [0.4, 0.5) is 11.4 Å². The normalized spacial score (nSPS) is 12.5. The topological polar surface area (TPSA) is 91.6 Å². The fourth-order valence-electron chi connectivity index (χ4n) is 5.31. The van der Waals surface area contributed by atoms with Gasteiger partial charge in [-0.2, -0.15) is 0 Å². The molecule has 0 bridgehead atoms.